The van der Waals surface area contributed by atoms with Crippen LogP contribution in [0.25, 0.3) is 0 Å². The molecule has 1 amide bonds. The number of hydrogen-bond acceptors (Lipinski definition) is 4. The van der Waals surface area contributed by atoms with Gasteiger partial charge in [-0.2, -0.15) is 8.42 Å². The second kappa shape index (κ2) is 9.58. The number of amides is 1. The molecule has 9 unspecified atom stereocenters. The Balaban J connectivity index is 1.37. The molecule has 9 atom stereocenters. The summed E-state index contributed by atoms with van der Waals surface area (Å²) in [6.45, 7) is 10.6. The van der Waals surface area contributed by atoms with E-state index >= 15 is 0 Å². The van der Waals surface area contributed by atoms with Gasteiger partial charge in [0, 0.05) is 6.42 Å². The van der Waals surface area contributed by atoms with Crippen molar-refractivity contribution in [2.75, 3.05) is 5.75 Å². The Labute approximate surface area is 213 Å². The molecular formula is C28H49NO5S. The minimum atomic E-state index is -4.14. The monoisotopic (exact) mass is 511 g/mol. The number of aliphatic hydroxyl groups is 1. The van der Waals surface area contributed by atoms with E-state index in [2.05, 4.69) is 26.1 Å². The summed E-state index contributed by atoms with van der Waals surface area (Å²) in [6, 6.07) is 0. The van der Waals surface area contributed by atoms with Crippen molar-refractivity contribution in [1.29, 1.82) is 0 Å². The fourth-order valence-corrected chi connectivity index (χ4v) is 10.7. The van der Waals surface area contributed by atoms with E-state index in [1.54, 1.807) is 13.8 Å². The molecule has 0 saturated heterocycles. The van der Waals surface area contributed by atoms with Crippen molar-refractivity contribution in [2.24, 2.45) is 46.3 Å². The topological polar surface area (TPSA) is 104 Å². The molecule has 202 valence electrons. The zero-order chi connectivity index (χ0) is 25.8. The standard InChI is InChI=1S/C28H49NO5S/c1-18(6-11-25(31)29-26(2,3)17-35(32,33)34)22-9-10-23-21-8-7-19-16-20(30)12-14-27(19,4)24(21)13-15-28(22,23)5/h18-24,30H,6-17H2,1-5H3,(H,29,31)(H,32,33,34). The van der Waals surface area contributed by atoms with Gasteiger partial charge in [-0.25, -0.2) is 0 Å². The summed E-state index contributed by atoms with van der Waals surface area (Å²) in [5.41, 5.74) is -0.236. The van der Waals surface area contributed by atoms with Crippen LogP contribution in [0.15, 0.2) is 0 Å². The first-order valence-electron chi connectivity index (χ1n) is 14.1. The molecule has 0 aromatic carbocycles. The van der Waals surface area contributed by atoms with Crippen LogP contribution in [-0.2, 0) is 14.9 Å². The summed E-state index contributed by atoms with van der Waals surface area (Å²) in [5, 5.41) is 13.1. The summed E-state index contributed by atoms with van der Waals surface area (Å²) in [7, 11) is -4.14. The smallest absolute Gasteiger partial charge is 0.267 e. The fourth-order valence-electron chi connectivity index (χ4n) is 9.70. The lowest BCUT2D eigenvalue weighted by atomic mass is 9.44. The molecule has 0 heterocycles. The first-order chi connectivity index (χ1) is 16.1. The first-order valence-corrected chi connectivity index (χ1v) is 15.7. The van der Waals surface area contributed by atoms with Gasteiger partial charge in [0.1, 0.15) is 0 Å². The highest BCUT2D eigenvalue weighted by atomic mass is 32.2. The lowest BCUT2D eigenvalue weighted by molar-refractivity contribution is -0.130. The number of nitrogens with one attached hydrogen (secondary N) is 1. The van der Waals surface area contributed by atoms with E-state index in [1.807, 2.05) is 0 Å². The van der Waals surface area contributed by atoms with Crippen LogP contribution in [-0.4, -0.2) is 41.4 Å². The molecule has 6 nitrogen and oxygen atoms in total. The lowest BCUT2D eigenvalue weighted by Gasteiger charge is -2.61. The van der Waals surface area contributed by atoms with Gasteiger partial charge < -0.3 is 10.4 Å². The predicted octanol–water partition coefficient (Wildman–Crippen LogP) is 5.21. The zero-order valence-corrected chi connectivity index (χ0v) is 23.4. The quantitative estimate of drug-likeness (QED) is 0.407. The molecular weight excluding hydrogens is 462 g/mol. The number of carbonyl (C=O) groups excluding carboxylic acids is 1. The maximum atomic E-state index is 12.6. The molecule has 4 saturated carbocycles. The molecule has 35 heavy (non-hydrogen) atoms. The SMILES string of the molecule is CC(CCC(=O)NC(C)(C)CS(=O)(=O)O)C1CCC2C3CCC4CC(O)CCC4(C)C3CCC12C. The van der Waals surface area contributed by atoms with Crippen LogP contribution in [0.5, 0.6) is 0 Å². The van der Waals surface area contributed by atoms with Crippen molar-refractivity contribution in [3.05, 3.63) is 0 Å². The van der Waals surface area contributed by atoms with Crippen LogP contribution >= 0.6 is 0 Å². The van der Waals surface area contributed by atoms with Crippen molar-refractivity contribution in [3.8, 4) is 0 Å². The van der Waals surface area contributed by atoms with E-state index in [9.17, 15) is 18.3 Å². The van der Waals surface area contributed by atoms with Gasteiger partial charge in [-0.3, -0.25) is 9.35 Å². The Hall–Kier alpha value is -0.660. The average Bonchev–Trinajstić information content (AvgIpc) is 3.07. The minimum absolute atomic E-state index is 0.0917. The summed E-state index contributed by atoms with van der Waals surface area (Å²) in [6.07, 6.45) is 12.0. The molecule has 0 bridgehead atoms. The van der Waals surface area contributed by atoms with E-state index < -0.39 is 21.4 Å². The molecule has 0 aromatic heterocycles. The Bertz CT molecular complexity index is 903. The van der Waals surface area contributed by atoms with Gasteiger partial charge in [-0.15, -0.1) is 0 Å². The van der Waals surface area contributed by atoms with Crippen molar-refractivity contribution in [1.82, 2.24) is 5.32 Å². The number of aliphatic hydroxyl groups excluding tert-OH is 1. The summed E-state index contributed by atoms with van der Waals surface area (Å²) >= 11 is 0. The van der Waals surface area contributed by atoms with Crippen LogP contribution in [0.2, 0.25) is 0 Å². The van der Waals surface area contributed by atoms with Gasteiger partial charge >= 0.3 is 0 Å². The van der Waals surface area contributed by atoms with Crippen molar-refractivity contribution >= 4 is 16.0 Å². The molecule has 0 aromatic rings. The van der Waals surface area contributed by atoms with Crippen LogP contribution < -0.4 is 5.32 Å². The van der Waals surface area contributed by atoms with Crippen LogP contribution in [0.3, 0.4) is 0 Å². The van der Waals surface area contributed by atoms with E-state index in [4.69, 9.17) is 4.55 Å². The molecule has 4 aliphatic carbocycles. The maximum Gasteiger partial charge on any atom is 0.267 e. The Morgan fingerprint density at radius 2 is 1.69 bits per heavy atom. The molecule has 0 spiro atoms. The van der Waals surface area contributed by atoms with Crippen molar-refractivity contribution in [2.45, 2.75) is 117 Å². The second-order valence-corrected chi connectivity index (χ2v) is 15.4. The van der Waals surface area contributed by atoms with E-state index in [1.165, 1.54) is 44.9 Å². The van der Waals surface area contributed by atoms with Gasteiger partial charge in [-0.1, -0.05) is 20.8 Å². The average molecular weight is 512 g/mol. The number of fused-ring (bicyclic) bond motifs is 5. The van der Waals surface area contributed by atoms with E-state index in [-0.39, 0.29) is 12.0 Å². The third-order valence-corrected chi connectivity index (χ3v) is 12.3. The Kier molecular flexibility index (Phi) is 7.49. The molecule has 0 radical (unpaired) electrons. The van der Waals surface area contributed by atoms with Gasteiger partial charge in [0.2, 0.25) is 5.91 Å². The number of carbonyl (C=O) groups is 1. The van der Waals surface area contributed by atoms with Crippen LogP contribution in [0.1, 0.15) is 105 Å². The van der Waals surface area contributed by atoms with Crippen LogP contribution in [0.4, 0.5) is 0 Å². The molecule has 3 N–H and O–H groups in total. The van der Waals surface area contributed by atoms with Gasteiger partial charge in [0.25, 0.3) is 10.1 Å². The zero-order valence-electron chi connectivity index (χ0n) is 22.6. The summed E-state index contributed by atoms with van der Waals surface area (Å²) < 4.78 is 31.6. The summed E-state index contributed by atoms with van der Waals surface area (Å²) in [5.74, 6) is 3.55. The Morgan fingerprint density at radius 3 is 2.37 bits per heavy atom. The lowest BCUT2D eigenvalue weighted by Crippen LogP contribution is -2.54. The Morgan fingerprint density at radius 1 is 1.03 bits per heavy atom. The minimum Gasteiger partial charge on any atom is -0.393 e. The van der Waals surface area contributed by atoms with Crippen LogP contribution in [0, 0.1) is 46.3 Å². The molecule has 4 rings (SSSR count). The van der Waals surface area contributed by atoms with Gasteiger partial charge in [0.15, 0.2) is 0 Å². The second-order valence-electron chi connectivity index (χ2n) is 14.0. The molecule has 4 fully saturated rings. The van der Waals surface area contributed by atoms with E-state index in [0.717, 1.165) is 37.0 Å². The third-order valence-electron chi connectivity index (χ3n) is 11.2. The fraction of sp³-hybridized carbons (Fsp3) is 0.964. The molecule has 0 aliphatic heterocycles. The van der Waals surface area contributed by atoms with Gasteiger partial charge in [0.05, 0.1) is 17.4 Å². The highest BCUT2D eigenvalue weighted by Gasteiger charge is 2.60. The largest absolute Gasteiger partial charge is 0.393 e. The number of rotatable bonds is 7. The first kappa shape index (κ1) is 27.4. The van der Waals surface area contributed by atoms with Gasteiger partial charge in [-0.05, 0) is 124 Å². The van der Waals surface area contributed by atoms with Crippen molar-refractivity contribution < 1.29 is 22.9 Å². The third kappa shape index (κ3) is 5.47. The number of hydrogen-bond donors (Lipinski definition) is 3. The predicted molar refractivity (Wildman–Crippen MR) is 138 cm³/mol. The summed E-state index contributed by atoms with van der Waals surface area (Å²) in [4.78, 5) is 12.6. The van der Waals surface area contributed by atoms with E-state index in [0.29, 0.717) is 35.0 Å². The maximum absolute atomic E-state index is 12.6. The molecule has 4 aliphatic rings. The molecule has 7 heteroatoms. The highest BCUT2D eigenvalue weighted by Crippen LogP contribution is 2.68. The normalized spacial score (nSPS) is 42.5. The highest BCUT2D eigenvalue weighted by molar-refractivity contribution is 7.85. The van der Waals surface area contributed by atoms with Crippen molar-refractivity contribution in [3.63, 3.8) is 0 Å².